The molecule has 0 spiro atoms. The molecule has 0 saturated heterocycles. The highest BCUT2D eigenvalue weighted by Crippen LogP contribution is 2.36. The van der Waals surface area contributed by atoms with Crippen molar-refractivity contribution >= 4 is 53.4 Å². The second kappa shape index (κ2) is 27.3. The summed E-state index contributed by atoms with van der Waals surface area (Å²) in [7, 11) is 0. The Morgan fingerprint density at radius 3 is 1.88 bits per heavy atom. The van der Waals surface area contributed by atoms with Crippen LogP contribution in [-0.2, 0) is 49.9 Å². The molecule has 18 heteroatoms. The normalized spacial score (nSPS) is 13.5. The number of aliphatic carboxylic acids is 1. The van der Waals surface area contributed by atoms with Crippen molar-refractivity contribution in [1.29, 1.82) is 0 Å². The van der Waals surface area contributed by atoms with Crippen molar-refractivity contribution in [2.24, 2.45) is 10.7 Å². The Balaban J connectivity index is 0.00000122. The summed E-state index contributed by atoms with van der Waals surface area (Å²) in [6.07, 6.45) is 5.23. The molecule has 0 saturated carbocycles. The molecule has 15 nitrogen and oxygen atoms in total. The number of carboxylic acids is 1. The summed E-state index contributed by atoms with van der Waals surface area (Å²) >= 11 is 0. The lowest BCUT2D eigenvalue weighted by atomic mass is 9.90. The van der Waals surface area contributed by atoms with Crippen LogP contribution in [0.4, 0.5) is 18.9 Å². The highest BCUT2D eigenvalue weighted by atomic mass is 19.4. The fourth-order valence-electron chi connectivity index (χ4n) is 9.31. The predicted octanol–water partition coefficient (Wildman–Crippen LogP) is 5.60. The van der Waals surface area contributed by atoms with Crippen molar-refractivity contribution < 1.29 is 51.9 Å². The molecule has 2 aliphatic heterocycles. The summed E-state index contributed by atoms with van der Waals surface area (Å²) in [6, 6.07) is 33.5. The number of guanidine groups is 1. The van der Waals surface area contributed by atoms with Crippen LogP contribution >= 0.6 is 0 Å². The third-order valence-corrected chi connectivity index (χ3v) is 12.9. The number of carbonyl (C=O) groups excluding carboxylic acids is 5. The first kappa shape index (κ1) is 56.3. The highest BCUT2D eigenvalue weighted by Gasteiger charge is 2.30. The topological polar surface area (TPSA) is 222 Å². The van der Waals surface area contributed by atoms with Gasteiger partial charge < -0.3 is 41.6 Å². The number of nitrogens with one attached hydrogen (secondary N) is 4. The number of aromatic nitrogens is 1. The van der Waals surface area contributed by atoms with E-state index in [-0.39, 0.29) is 67.7 Å². The molecule has 5 aromatic rings. The minimum absolute atomic E-state index is 0.0612. The number of pyridine rings is 1. The number of aryl methyl sites for hydroxylation is 4. The van der Waals surface area contributed by atoms with Gasteiger partial charge in [0.15, 0.2) is 23.9 Å². The monoisotopic (exact) mass is 1030 g/mol. The summed E-state index contributed by atoms with van der Waals surface area (Å²) in [4.78, 5) is 68.6. The van der Waals surface area contributed by atoms with Gasteiger partial charge in [-0.3, -0.25) is 29.5 Å². The van der Waals surface area contributed by atoms with Crippen LogP contribution in [0.15, 0.2) is 114 Å². The lowest BCUT2D eigenvalue weighted by molar-refractivity contribution is -0.706. The summed E-state index contributed by atoms with van der Waals surface area (Å²) < 4.78 is 33.7. The number of phenols is 1. The van der Waals surface area contributed by atoms with Gasteiger partial charge in [0.05, 0.1) is 12.5 Å². The number of benzene rings is 4. The lowest BCUT2D eigenvalue weighted by Crippen LogP contribution is -2.48. The quantitative estimate of drug-likeness (QED) is 0.0247. The van der Waals surface area contributed by atoms with Gasteiger partial charge in [-0.05, 0) is 108 Å². The van der Waals surface area contributed by atoms with E-state index in [0.717, 1.165) is 46.5 Å². The Hall–Kier alpha value is -8.02. The van der Waals surface area contributed by atoms with E-state index in [4.69, 9.17) is 15.6 Å². The number of phenolic OH excluding ortho intramolecular Hbond substituents is 1. The van der Waals surface area contributed by atoms with Crippen LogP contribution in [0.25, 0.3) is 12.2 Å². The van der Waals surface area contributed by atoms with Crippen LogP contribution in [-0.4, -0.2) is 79.1 Å². The van der Waals surface area contributed by atoms with Crippen LogP contribution in [0.5, 0.6) is 5.75 Å². The molecule has 3 heterocycles. The number of anilines is 1. The number of hydrogen-bond donors (Lipinski definition) is 6. The number of rotatable bonds is 20. The van der Waals surface area contributed by atoms with Gasteiger partial charge in [0.25, 0.3) is 0 Å². The molecule has 396 valence electrons. The fourth-order valence-corrected chi connectivity index (χ4v) is 9.31. The number of alkyl halides is 3. The van der Waals surface area contributed by atoms with Crippen molar-refractivity contribution in [3.63, 3.8) is 0 Å². The number of carboxylic acid groups (broad SMARTS) is 1. The van der Waals surface area contributed by atoms with Crippen molar-refractivity contribution in [3.8, 4) is 5.75 Å². The third kappa shape index (κ3) is 17.3. The maximum Gasteiger partial charge on any atom is 0.430 e. The van der Waals surface area contributed by atoms with Crippen LogP contribution in [0.2, 0.25) is 0 Å². The smallest absolute Gasteiger partial charge is 0.430 e. The number of amides is 4. The molecule has 0 fully saturated rings. The average Bonchev–Trinajstić information content (AvgIpc) is 3.38. The van der Waals surface area contributed by atoms with Gasteiger partial charge >= 0.3 is 6.18 Å². The van der Waals surface area contributed by atoms with Crippen LogP contribution < -0.4 is 41.6 Å². The van der Waals surface area contributed by atoms with E-state index in [2.05, 4.69) is 86.0 Å². The van der Waals surface area contributed by atoms with Gasteiger partial charge in [0, 0.05) is 70.7 Å². The lowest BCUT2D eigenvalue weighted by Gasteiger charge is -2.37. The Labute approximate surface area is 435 Å². The highest BCUT2D eigenvalue weighted by molar-refractivity contribution is 5.96. The van der Waals surface area contributed by atoms with E-state index in [0.29, 0.717) is 25.9 Å². The van der Waals surface area contributed by atoms with Gasteiger partial charge in [-0.25, -0.2) is 0 Å². The summed E-state index contributed by atoms with van der Waals surface area (Å²) in [5.74, 6) is -4.77. The molecule has 2 aliphatic rings. The first-order valence-corrected chi connectivity index (χ1v) is 25.2. The molecule has 7 rings (SSSR count). The molecule has 7 N–H and O–H groups in total. The molecule has 0 bridgehead atoms. The Bertz CT molecular complexity index is 2730. The number of nitrogens with two attached hydrogens (primary N) is 1. The van der Waals surface area contributed by atoms with E-state index in [1.54, 1.807) is 24.3 Å². The second-order valence-corrected chi connectivity index (χ2v) is 18.6. The predicted molar refractivity (Wildman–Crippen MR) is 279 cm³/mol. The first-order valence-electron chi connectivity index (χ1n) is 25.2. The van der Waals surface area contributed by atoms with Gasteiger partial charge in [-0.1, -0.05) is 84.9 Å². The number of carbonyl (C=O) groups is 5. The van der Waals surface area contributed by atoms with Gasteiger partial charge in [-0.15, -0.1) is 0 Å². The zero-order valence-corrected chi connectivity index (χ0v) is 42.3. The number of aromatic hydroxyl groups is 1. The molecule has 4 amide bonds. The SMILES string of the molecule is Cc1cc(/C=C/c2cc3c4c(c2)CCCN4CCC3)cc(C)[n+]1CCNC(=O)CCCC(=O)NC(N)=NCCC[C@@H](NC(=O)C(c1ccccc1)c1ccccc1)C(=O)NCc1ccc(O)cc1.O=C([O-])C(F)(F)F. The van der Waals surface area contributed by atoms with E-state index < -0.39 is 24.1 Å². The van der Waals surface area contributed by atoms with Crippen molar-refractivity contribution in [2.75, 3.05) is 31.1 Å². The minimum atomic E-state index is -5.19. The second-order valence-electron chi connectivity index (χ2n) is 18.6. The van der Waals surface area contributed by atoms with Gasteiger partial charge in [0.1, 0.15) is 17.8 Å². The van der Waals surface area contributed by atoms with Crippen molar-refractivity contribution in [3.05, 3.63) is 160 Å². The molecule has 75 heavy (non-hydrogen) atoms. The zero-order valence-electron chi connectivity index (χ0n) is 42.3. The molecular weight excluding hydrogens is 966 g/mol. The van der Waals surface area contributed by atoms with Crippen molar-refractivity contribution in [2.45, 2.75) is 103 Å². The fraction of sp³-hybridized carbons (Fsp3) is 0.351. The maximum absolute atomic E-state index is 14.0. The Morgan fingerprint density at radius 2 is 1.32 bits per heavy atom. The largest absolute Gasteiger partial charge is 0.542 e. The van der Waals surface area contributed by atoms with E-state index in [1.807, 2.05) is 60.7 Å². The van der Waals surface area contributed by atoms with Crippen molar-refractivity contribution in [1.82, 2.24) is 21.3 Å². The third-order valence-electron chi connectivity index (χ3n) is 12.9. The van der Waals surface area contributed by atoms with E-state index >= 15 is 0 Å². The zero-order chi connectivity index (χ0) is 53.9. The van der Waals surface area contributed by atoms with Crippen LogP contribution in [0.1, 0.15) is 101 Å². The van der Waals surface area contributed by atoms with Crippen LogP contribution in [0, 0.1) is 13.8 Å². The molecule has 0 unspecified atom stereocenters. The average molecular weight is 1030 g/mol. The van der Waals surface area contributed by atoms with Gasteiger partial charge in [-0.2, -0.15) is 17.7 Å². The van der Waals surface area contributed by atoms with Gasteiger partial charge in [0.2, 0.25) is 23.6 Å². The number of nitrogens with zero attached hydrogens (tertiary/aromatic N) is 3. The van der Waals surface area contributed by atoms with Crippen LogP contribution in [0.3, 0.4) is 0 Å². The molecule has 0 aliphatic carbocycles. The standard InChI is InChI=1S/C55H64N8O5.C2HF3O2/c1-38-33-41(22-23-42-35-45-17-11-30-62-31-12-18-46(36-42)52(45)62)34-39(2)63(38)32-29-57-49(65)20-9-21-50(66)61-55(56)58-28-10-19-48(53(67)59-37-40-24-26-47(64)27-25-40)60-54(68)51(43-13-5-3-6-14-43)44-15-7-4-8-16-44;3-2(4,5)1(6)7/h3-8,13-16,22-27,33-36,48,51H,9-12,17-21,28-32,37H2,1-2H3,(H6-,56,57,58,59,60,61,64,65,66,67,68);(H,6,7)/t48-;/m1./s1. The summed E-state index contributed by atoms with van der Waals surface area (Å²) in [5.41, 5.74) is 17.5. The first-order chi connectivity index (χ1) is 35.9. The summed E-state index contributed by atoms with van der Waals surface area (Å²) in [5, 5.41) is 29.9. The number of hydrogen-bond acceptors (Lipinski definition) is 9. The molecule has 4 aromatic carbocycles. The maximum atomic E-state index is 14.0. The molecule has 1 aromatic heterocycles. The molecule has 0 radical (unpaired) electrons. The van der Waals surface area contributed by atoms with E-state index in [1.165, 1.54) is 48.3 Å². The Morgan fingerprint density at radius 1 is 0.773 bits per heavy atom. The van der Waals surface area contributed by atoms with E-state index in [9.17, 15) is 37.5 Å². The molecular formula is C57H65F3N8O7. The summed E-state index contributed by atoms with van der Waals surface area (Å²) in [6.45, 7) is 8.01. The molecule has 1 atom stereocenters. The number of aliphatic imine (C=N–C) groups is 1. The number of halogens is 3. The Kier molecular flexibility index (Phi) is 20.5. The minimum Gasteiger partial charge on any atom is -0.542 e.